The van der Waals surface area contributed by atoms with Crippen molar-refractivity contribution >= 4 is 0 Å². The van der Waals surface area contributed by atoms with Crippen molar-refractivity contribution in [3.63, 3.8) is 0 Å². The number of hydrogen-bond donors (Lipinski definition) is 2. The Hall–Kier alpha value is -2.46. The van der Waals surface area contributed by atoms with E-state index >= 15 is 0 Å². The Morgan fingerprint density at radius 3 is 2.42 bits per heavy atom. The van der Waals surface area contributed by atoms with E-state index in [2.05, 4.69) is 45.6 Å². The summed E-state index contributed by atoms with van der Waals surface area (Å²) < 4.78 is 14.0. The average molecular weight is 349 g/mol. The number of benzene rings is 2. The van der Waals surface area contributed by atoms with Crippen molar-refractivity contribution in [3.05, 3.63) is 77.9 Å². The fourth-order valence-corrected chi connectivity index (χ4v) is 4.05. The quantitative estimate of drug-likeness (QED) is 0.718. The van der Waals surface area contributed by atoms with Gasteiger partial charge in [0.2, 0.25) is 0 Å². The van der Waals surface area contributed by atoms with E-state index in [-0.39, 0.29) is 11.2 Å². The highest BCUT2D eigenvalue weighted by Crippen LogP contribution is 2.36. The number of piperidine rings is 1. The summed E-state index contributed by atoms with van der Waals surface area (Å²) in [6, 6.07) is 17.5. The van der Waals surface area contributed by atoms with Gasteiger partial charge in [0.1, 0.15) is 11.6 Å². The van der Waals surface area contributed by atoms with Crippen molar-refractivity contribution in [1.29, 1.82) is 0 Å². The Morgan fingerprint density at radius 2 is 1.65 bits per heavy atom. The summed E-state index contributed by atoms with van der Waals surface area (Å²) in [4.78, 5) is 7.80. The first-order chi connectivity index (χ1) is 12.7. The van der Waals surface area contributed by atoms with E-state index in [0.717, 1.165) is 44.5 Å². The minimum absolute atomic E-state index is 0.214. The number of aromatic nitrogens is 2. The molecule has 0 spiro atoms. The van der Waals surface area contributed by atoms with Crippen molar-refractivity contribution in [3.8, 4) is 11.4 Å². The fraction of sp³-hybridized carbons (Fsp3) is 0.318. The predicted molar refractivity (Wildman–Crippen MR) is 102 cm³/mol. The third-order valence-corrected chi connectivity index (χ3v) is 5.41. The minimum atomic E-state index is -0.241. The smallest absolute Gasteiger partial charge is 0.140 e. The molecule has 2 N–H and O–H groups in total. The molecular formula is C22H24FN3. The van der Waals surface area contributed by atoms with Gasteiger partial charge < -0.3 is 10.3 Å². The van der Waals surface area contributed by atoms with Crippen LogP contribution in [-0.4, -0.2) is 23.1 Å². The number of rotatable bonds is 5. The molecule has 0 bridgehead atoms. The SMILES string of the molecule is Fc1ccccc1-c1ncc(CC2(Cc3ccccc3)CCNCC2)[nH]1. The summed E-state index contributed by atoms with van der Waals surface area (Å²) in [5, 5.41) is 3.47. The molecule has 0 saturated carbocycles. The normalized spacial score (nSPS) is 16.5. The molecule has 134 valence electrons. The van der Waals surface area contributed by atoms with Crippen molar-refractivity contribution in [2.24, 2.45) is 5.41 Å². The lowest BCUT2D eigenvalue weighted by molar-refractivity contribution is 0.197. The molecule has 1 saturated heterocycles. The van der Waals surface area contributed by atoms with Crippen LogP contribution in [0.25, 0.3) is 11.4 Å². The Balaban J connectivity index is 1.58. The molecule has 0 radical (unpaired) electrons. The van der Waals surface area contributed by atoms with Gasteiger partial charge in [-0.2, -0.15) is 0 Å². The number of imidazole rings is 1. The first-order valence-corrected chi connectivity index (χ1v) is 9.28. The lowest BCUT2D eigenvalue weighted by Gasteiger charge is -2.37. The Kier molecular flexibility index (Phi) is 4.85. The highest BCUT2D eigenvalue weighted by Gasteiger charge is 2.33. The zero-order chi connectivity index (χ0) is 17.8. The highest BCUT2D eigenvalue weighted by molar-refractivity contribution is 5.55. The van der Waals surface area contributed by atoms with E-state index in [9.17, 15) is 4.39 Å². The van der Waals surface area contributed by atoms with Gasteiger partial charge >= 0.3 is 0 Å². The van der Waals surface area contributed by atoms with E-state index in [1.165, 1.54) is 11.6 Å². The molecule has 0 aliphatic carbocycles. The first kappa shape index (κ1) is 17.0. The maximum Gasteiger partial charge on any atom is 0.140 e. The molecule has 4 rings (SSSR count). The number of nitrogens with one attached hydrogen (secondary N) is 2. The van der Waals surface area contributed by atoms with Crippen molar-refractivity contribution < 1.29 is 4.39 Å². The standard InChI is InChI=1S/C22H24FN3/c23-20-9-5-4-8-19(20)21-25-16-18(26-21)15-22(10-12-24-13-11-22)14-17-6-2-1-3-7-17/h1-9,16,24H,10-15H2,(H,25,26). The second-order valence-electron chi connectivity index (χ2n) is 7.33. The molecule has 2 aromatic carbocycles. The monoisotopic (exact) mass is 349 g/mol. The second-order valence-corrected chi connectivity index (χ2v) is 7.33. The van der Waals surface area contributed by atoms with Crippen LogP contribution < -0.4 is 5.32 Å². The number of aromatic amines is 1. The second kappa shape index (κ2) is 7.42. The Labute approximate surface area is 153 Å². The van der Waals surface area contributed by atoms with Gasteiger partial charge in [-0.3, -0.25) is 0 Å². The van der Waals surface area contributed by atoms with Gasteiger partial charge in [0.15, 0.2) is 0 Å². The largest absolute Gasteiger partial charge is 0.342 e. The van der Waals surface area contributed by atoms with Crippen molar-refractivity contribution in [1.82, 2.24) is 15.3 Å². The van der Waals surface area contributed by atoms with Crippen LogP contribution >= 0.6 is 0 Å². The van der Waals surface area contributed by atoms with Gasteiger partial charge in [0, 0.05) is 11.9 Å². The van der Waals surface area contributed by atoms with E-state index in [0.29, 0.717) is 11.4 Å². The molecule has 1 aliphatic rings. The fourth-order valence-electron chi connectivity index (χ4n) is 4.05. The highest BCUT2D eigenvalue weighted by atomic mass is 19.1. The summed E-state index contributed by atoms with van der Waals surface area (Å²) in [7, 11) is 0. The number of hydrogen-bond acceptors (Lipinski definition) is 2. The summed E-state index contributed by atoms with van der Waals surface area (Å²) in [5.74, 6) is 0.371. The summed E-state index contributed by atoms with van der Waals surface area (Å²) in [5.41, 5.74) is 3.21. The van der Waals surface area contributed by atoms with Crippen molar-refractivity contribution in [2.45, 2.75) is 25.7 Å². The molecule has 3 aromatic rings. The topological polar surface area (TPSA) is 40.7 Å². The first-order valence-electron chi connectivity index (χ1n) is 9.28. The lowest BCUT2D eigenvalue weighted by atomic mass is 9.71. The van der Waals surface area contributed by atoms with Gasteiger partial charge in [-0.15, -0.1) is 0 Å². The van der Waals surface area contributed by atoms with E-state index < -0.39 is 0 Å². The van der Waals surface area contributed by atoms with Crippen molar-refractivity contribution in [2.75, 3.05) is 13.1 Å². The van der Waals surface area contributed by atoms with E-state index in [1.807, 2.05) is 12.3 Å². The molecule has 0 unspecified atom stereocenters. The third kappa shape index (κ3) is 3.70. The van der Waals surface area contributed by atoms with Gasteiger partial charge in [-0.1, -0.05) is 42.5 Å². The van der Waals surface area contributed by atoms with Crippen LogP contribution in [0.1, 0.15) is 24.1 Å². The summed E-state index contributed by atoms with van der Waals surface area (Å²) in [6.45, 7) is 2.09. The predicted octanol–water partition coefficient (Wildman–Crippen LogP) is 4.37. The molecule has 3 nitrogen and oxygen atoms in total. The lowest BCUT2D eigenvalue weighted by Crippen LogP contribution is -2.39. The maximum absolute atomic E-state index is 14.0. The summed E-state index contributed by atoms with van der Waals surface area (Å²) in [6.07, 6.45) is 6.14. The minimum Gasteiger partial charge on any atom is -0.342 e. The zero-order valence-electron chi connectivity index (χ0n) is 14.8. The molecule has 0 atom stereocenters. The van der Waals surface area contributed by atoms with Gasteiger partial charge in [0.25, 0.3) is 0 Å². The van der Waals surface area contributed by atoms with Crippen LogP contribution in [0.5, 0.6) is 0 Å². The Morgan fingerprint density at radius 1 is 0.923 bits per heavy atom. The molecule has 1 aromatic heterocycles. The number of H-pyrrole nitrogens is 1. The molecule has 0 amide bonds. The van der Waals surface area contributed by atoms with E-state index in [4.69, 9.17) is 0 Å². The van der Waals surface area contributed by atoms with Crippen LogP contribution in [0.3, 0.4) is 0 Å². The van der Waals surface area contributed by atoms with Crippen LogP contribution in [0, 0.1) is 11.2 Å². The molecule has 26 heavy (non-hydrogen) atoms. The molecular weight excluding hydrogens is 325 g/mol. The zero-order valence-corrected chi connectivity index (χ0v) is 14.8. The number of nitrogens with zero attached hydrogens (tertiary/aromatic N) is 1. The van der Waals surface area contributed by atoms with Crippen LogP contribution in [0.2, 0.25) is 0 Å². The average Bonchev–Trinajstić information content (AvgIpc) is 3.11. The van der Waals surface area contributed by atoms with Gasteiger partial charge in [0.05, 0.1) is 5.56 Å². The molecule has 4 heteroatoms. The van der Waals surface area contributed by atoms with Crippen LogP contribution in [0.4, 0.5) is 4.39 Å². The molecule has 1 aliphatic heterocycles. The van der Waals surface area contributed by atoms with Crippen LogP contribution in [0.15, 0.2) is 60.8 Å². The maximum atomic E-state index is 14.0. The van der Waals surface area contributed by atoms with Gasteiger partial charge in [-0.05, 0) is 61.9 Å². The van der Waals surface area contributed by atoms with Crippen LogP contribution in [-0.2, 0) is 12.8 Å². The van der Waals surface area contributed by atoms with Gasteiger partial charge in [-0.25, -0.2) is 9.37 Å². The number of halogens is 1. The third-order valence-electron chi connectivity index (χ3n) is 5.41. The van der Waals surface area contributed by atoms with E-state index in [1.54, 1.807) is 12.1 Å². The summed E-state index contributed by atoms with van der Waals surface area (Å²) >= 11 is 0. The molecule has 1 fully saturated rings. The Bertz CT molecular complexity index is 851. The molecule has 2 heterocycles.